The van der Waals surface area contributed by atoms with Gasteiger partial charge in [-0.25, -0.2) is 80.2 Å². The van der Waals surface area contributed by atoms with Gasteiger partial charge in [-0.3, -0.25) is 19.2 Å². The van der Waals surface area contributed by atoms with Crippen molar-refractivity contribution in [3.8, 4) is 44.5 Å². The van der Waals surface area contributed by atoms with Crippen LogP contribution in [0.4, 0.5) is 70.2 Å². The summed E-state index contributed by atoms with van der Waals surface area (Å²) in [6.07, 6.45) is -4.54. The fraction of sp³-hybridized carbons (Fsp3) is 0.172. The van der Waals surface area contributed by atoms with E-state index < -0.39 is 279 Å². The lowest BCUT2D eigenvalue weighted by atomic mass is 9.97. The molecule has 0 saturated carbocycles. The van der Waals surface area contributed by atoms with E-state index in [1.807, 2.05) is 0 Å². The number of carbonyl (C=O) groups excluding carboxylic acids is 1. The molecule has 2 aliphatic heterocycles. The number of esters is 1. The Morgan fingerprint density at radius 2 is 0.644 bits per heavy atom. The molecule has 87 heavy (non-hydrogen) atoms. The average Bonchev–Trinajstić information content (AvgIpc) is 1.74. The third-order valence-corrected chi connectivity index (χ3v) is 14.7. The summed E-state index contributed by atoms with van der Waals surface area (Å²) in [6.45, 7) is 1.32. The van der Waals surface area contributed by atoms with Gasteiger partial charge in [0.2, 0.25) is 0 Å². The number of aliphatic carboxylic acids is 3. The van der Waals surface area contributed by atoms with Crippen LogP contribution in [0, 0.1) is 93.1 Å². The second-order valence-electron chi connectivity index (χ2n) is 18.9. The van der Waals surface area contributed by atoms with Gasteiger partial charge in [0.25, 0.3) is 0 Å². The molecular weight excluding hydrogens is 1220 g/mol. The number of carboxylic acid groups (broad SMARTS) is 3. The third kappa shape index (κ3) is 11.3. The van der Waals surface area contributed by atoms with Crippen LogP contribution in [0.3, 0.4) is 0 Å². The molecule has 0 atom stereocenters. The first-order valence-corrected chi connectivity index (χ1v) is 26.2. The predicted molar refractivity (Wildman–Crippen MR) is 280 cm³/mol. The Bertz CT molecular complexity index is 4190. The SMILES string of the molecule is CCOC(=O)CCSc1c(F)c(F)c(-c2c3nc(c(-c4c(F)c(F)c(CCC(=O)O)c(F)c4F)c4ccc([nH]4)c(-c4c(F)c(F)c(CCC(=O)O)c(F)c4F)c4nc(c(-c5c(F)c(F)c(CCC(=O)O)c(F)c5F)c5ccc2[nH]5)C=C4)C=C3)c(F)c1F. The zero-order valence-corrected chi connectivity index (χ0v) is 44.5. The van der Waals surface area contributed by atoms with Gasteiger partial charge in [0.05, 0.1) is 63.0 Å². The van der Waals surface area contributed by atoms with E-state index in [1.54, 1.807) is 0 Å². The van der Waals surface area contributed by atoms with E-state index in [1.165, 1.54) is 6.92 Å². The second-order valence-corrected chi connectivity index (χ2v) is 20.0. The maximum atomic E-state index is 16.9. The molecule has 3 aromatic heterocycles. The lowest BCUT2D eigenvalue weighted by molar-refractivity contribution is -0.142. The van der Waals surface area contributed by atoms with Crippen molar-refractivity contribution < 1.29 is 109 Å². The number of hydrogen-bond acceptors (Lipinski definition) is 8. The Morgan fingerprint density at radius 1 is 0.391 bits per heavy atom. The lowest BCUT2D eigenvalue weighted by Crippen LogP contribution is -2.09. The highest BCUT2D eigenvalue weighted by Crippen LogP contribution is 2.46. The summed E-state index contributed by atoms with van der Waals surface area (Å²) in [7, 11) is 0. The van der Waals surface area contributed by atoms with E-state index in [9.17, 15) is 34.5 Å². The maximum Gasteiger partial charge on any atom is 0.306 e. The van der Waals surface area contributed by atoms with Crippen molar-refractivity contribution in [2.75, 3.05) is 12.4 Å². The Hall–Kier alpha value is -9.41. The van der Waals surface area contributed by atoms with Crippen molar-refractivity contribution in [1.82, 2.24) is 19.9 Å². The molecule has 8 bridgehead atoms. The Kier molecular flexibility index (Phi) is 17.5. The number of thioether (sulfide) groups is 1. The molecule has 2 aliphatic rings. The van der Waals surface area contributed by atoms with Crippen molar-refractivity contribution in [2.45, 2.75) is 56.8 Å². The molecule has 0 spiro atoms. The second kappa shape index (κ2) is 24.5. The van der Waals surface area contributed by atoms with Gasteiger partial charge < -0.3 is 30.0 Å². The normalized spacial score (nSPS) is 12.0. The number of nitrogens with zero attached hydrogens (tertiary/aromatic N) is 2. The summed E-state index contributed by atoms with van der Waals surface area (Å²) >= 11 is 0.104. The van der Waals surface area contributed by atoms with Crippen LogP contribution in [0.5, 0.6) is 0 Å². The molecule has 452 valence electrons. The third-order valence-electron chi connectivity index (χ3n) is 13.7. The van der Waals surface area contributed by atoms with Gasteiger partial charge >= 0.3 is 23.9 Å². The number of halogens is 16. The Balaban J connectivity index is 1.51. The van der Waals surface area contributed by atoms with Gasteiger partial charge in [-0.2, -0.15) is 0 Å². The molecular formula is C58H34F16N4O8S. The van der Waals surface area contributed by atoms with Crippen LogP contribution in [-0.2, 0) is 43.2 Å². The van der Waals surface area contributed by atoms with Crippen molar-refractivity contribution in [3.63, 3.8) is 0 Å². The first-order valence-electron chi connectivity index (χ1n) is 25.2. The summed E-state index contributed by atoms with van der Waals surface area (Å²) in [5.41, 5.74) is -23.2. The minimum Gasteiger partial charge on any atom is -0.481 e. The van der Waals surface area contributed by atoms with Crippen LogP contribution in [-0.4, -0.2) is 71.5 Å². The van der Waals surface area contributed by atoms with Crippen LogP contribution in [0.1, 0.15) is 72.1 Å². The first kappa shape index (κ1) is 62.1. The zero-order valence-electron chi connectivity index (χ0n) is 43.7. The van der Waals surface area contributed by atoms with E-state index in [4.69, 9.17) is 4.74 Å². The van der Waals surface area contributed by atoms with Crippen LogP contribution in [0.15, 0.2) is 29.2 Å². The van der Waals surface area contributed by atoms with E-state index in [0.29, 0.717) is 24.3 Å². The maximum absolute atomic E-state index is 16.9. The number of carbonyl (C=O) groups is 4. The monoisotopic (exact) mass is 1250 g/mol. The van der Waals surface area contributed by atoms with Crippen molar-refractivity contribution >= 4 is 82.0 Å². The standard InChI is InChI=1S/C58H34F16N4O8S/c1-2-86-33(85)17-18-87-58-56(73)54(71)41(55(72)57(58)74)37-28-12-10-26(77-28)35(39-50(67)44(61)20(4-15-31(81)82)45(62)51(39)68)24-8-6-22(75-24)34(38-48(65)42(59)19(3-14-30(79)80)43(60)49(38)66)23-7-9-25(76-23)36(27-11-13-29(37)78-27)40-52(69)46(63)21(5-16-32(83)84)47(64)53(40)70/h6-13,75,78H,2-5,14-18H2,1H3,(H,79,80)(H,81,82)(H,83,84). The molecule has 4 aromatic carbocycles. The minimum atomic E-state index is -2.31. The highest BCUT2D eigenvalue weighted by molar-refractivity contribution is 7.99. The lowest BCUT2D eigenvalue weighted by Gasteiger charge is -2.14. The topological polar surface area (TPSA) is 196 Å². The minimum absolute atomic E-state index is 0.104. The van der Waals surface area contributed by atoms with Gasteiger partial charge in [-0.05, 0) is 74.8 Å². The number of aromatic amines is 2. The first-order chi connectivity index (χ1) is 41.2. The fourth-order valence-corrected chi connectivity index (χ4v) is 10.6. The number of carboxylic acids is 3. The smallest absolute Gasteiger partial charge is 0.306 e. The molecule has 7 aromatic rings. The average molecular weight is 1250 g/mol. The fourth-order valence-electron chi connectivity index (χ4n) is 9.73. The van der Waals surface area contributed by atoms with Crippen molar-refractivity contribution in [1.29, 1.82) is 0 Å². The van der Waals surface area contributed by atoms with Crippen molar-refractivity contribution in [3.05, 3.63) is 157 Å². The molecule has 0 aliphatic carbocycles. The summed E-state index contributed by atoms with van der Waals surface area (Å²) < 4.78 is 269. The predicted octanol–water partition coefficient (Wildman–Crippen LogP) is 14.6. The Morgan fingerprint density at radius 3 is 0.885 bits per heavy atom. The van der Waals surface area contributed by atoms with Crippen LogP contribution < -0.4 is 0 Å². The van der Waals surface area contributed by atoms with E-state index in [-0.39, 0.29) is 18.4 Å². The molecule has 0 amide bonds. The molecule has 12 nitrogen and oxygen atoms in total. The van der Waals surface area contributed by atoms with Crippen molar-refractivity contribution in [2.24, 2.45) is 0 Å². The van der Waals surface area contributed by atoms with Gasteiger partial charge in [0.15, 0.2) is 93.1 Å². The number of nitrogens with one attached hydrogen (secondary N) is 2. The molecule has 0 unspecified atom stereocenters. The molecule has 0 radical (unpaired) electrons. The van der Waals surface area contributed by atoms with Crippen LogP contribution in [0.2, 0.25) is 0 Å². The molecule has 0 fully saturated rings. The number of fused-ring (bicyclic) bond motifs is 8. The highest BCUT2D eigenvalue weighted by atomic mass is 32.2. The number of H-pyrrole nitrogens is 2. The molecule has 9 rings (SSSR count). The molecule has 5 N–H and O–H groups in total. The Labute approximate surface area is 480 Å². The van der Waals surface area contributed by atoms with Gasteiger partial charge in [0.1, 0.15) is 0 Å². The number of benzene rings is 4. The summed E-state index contributed by atoms with van der Waals surface area (Å²) in [6, 6.07) is 2.92. The number of rotatable bonds is 18. The van der Waals surface area contributed by atoms with E-state index in [0.717, 1.165) is 24.3 Å². The molecule has 29 heteroatoms. The quantitative estimate of drug-likeness (QED) is 0.0237. The van der Waals surface area contributed by atoms with Gasteiger partial charge in [-0.15, -0.1) is 11.8 Å². The number of ether oxygens (including phenoxy) is 1. The van der Waals surface area contributed by atoms with Gasteiger partial charge in [-0.1, -0.05) is 0 Å². The summed E-state index contributed by atoms with van der Waals surface area (Å²) in [5.74, 6) is -42.3. The highest BCUT2D eigenvalue weighted by Gasteiger charge is 2.36. The molecule has 0 saturated heterocycles. The van der Waals surface area contributed by atoms with Gasteiger partial charge in [0, 0.05) is 86.0 Å². The largest absolute Gasteiger partial charge is 0.481 e. The number of hydrogen-bond donors (Lipinski definition) is 5. The van der Waals surface area contributed by atoms with Crippen LogP contribution >= 0.6 is 11.8 Å². The van der Waals surface area contributed by atoms with E-state index >= 15 is 70.2 Å². The summed E-state index contributed by atoms with van der Waals surface area (Å²) in [5, 5.41) is 27.6. The number of aromatic nitrogens is 4. The van der Waals surface area contributed by atoms with Crippen LogP contribution in [0.25, 0.3) is 90.9 Å². The van der Waals surface area contributed by atoms with E-state index in [2.05, 4.69) is 19.9 Å². The summed E-state index contributed by atoms with van der Waals surface area (Å²) in [4.78, 5) is 58.0. The molecule has 5 heterocycles. The zero-order chi connectivity index (χ0) is 63.4.